The first-order valence-corrected chi connectivity index (χ1v) is 10.9. The Morgan fingerprint density at radius 3 is 2.52 bits per heavy atom. The number of nitrogens with zero attached hydrogens (tertiary/aromatic N) is 5. The number of hydrogen-bond acceptors (Lipinski definition) is 8. The monoisotopic (exact) mass is 450 g/mol. The van der Waals surface area contributed by atoms with Crippen LogP contribution in [0.1, 0.15) is 41.7 Å². The molecule has 3 rings (SSSR count). The van der Waals surface area contributed by atoms with Crippen LogP contribution < -0.4 is 16.0 Å². The van der Waals surface area contributed by atoms with E-state index in [4.69, 9.17) is 0 Å². The minimum Gasteiger partial charge on any atom is -0.371 e. The van der Waals surface area contributed by atoms with Gasteiger partial charge in [0.1, 0.15) is 11.4 Å². The summed E-state index contributed by atoms with van der Waals surface area (Å²) in [7, 11) is 1.66. The highest BCUT2D eigenvalue weighted by Gasteiger charge is 2.17. The van der Waals surface area contributed by atoms with Crippen LogP contribution in [0.25, 0.3) is 11.4 Å². The summed E-state index contributed by atoms with van der Waals surface area (Å²) in [6.45, 7) is 9.24. The Morgan fingerprint density at radius 1 is 1.12 bits per heavy atom. The molecule has 0 radical (unpaired) electrons. The first-order chi connectivity index (χ1) is 15.9. The molecule has 3 heterocycles. The Hall–Kier alpha value is -3.66. The summed E-state index contributed by atoms with van der Waals surface area (Å²) in [5.41, 5.74) is 2.71. The van der Waals surface area contributed by atoms with Crippen LogP contribution in [0.4, 0.5) is 0 Å². The van der Waals surface area contributed by atoms with E-state index in [1.165, 1.54) is 12.4 Å². The van der Waals surface area contributed by atoms with Gasteiger partial charge in [-0.25, -0.2) is 9.97 Å². The summed E-state index contributed by atoms with van der Waals surface area (Å²) >= 11 is 0. The highest BCUT2D eigenvalue weighted by atomic mass is 16.2. The van der Waals surface area contributed by atoms with Crippen molar-refractivity contribution in [1.29, 1.82) is 0 Å². The van der Waals surface area contributed by atoms with Gasteiger partial charge in [-0.15, -0.1) is 0 Å². The molecule has 0 atom stereocenters. The van der Waals surface area contributed by atoms with Crippen molar-refractivity contribution in [3.63, 3.8) is 0 Å². The van der Waals surface area contributed by atoms with Crippen LogP contribution in [0.15, 0.2) is 47.0 Å². The molecule has 0 saturated carbocycles. The van der Waals surface area contributed by atoms with Gasteiger partial charge in [0.25, 0.3) is 11.8 Å². The van der Waals surface area contributed by atoms with E-state index in [1.807, 2.05) is 20.8 Å². The Morgan fingerprint density at radius 2 is 1.88 bits per heavy atom. The van der Waals surface area contributed by atoms with E-state index in [9.17, 15) is 9.59 Å². The molecule has 1 aliphatic rings. The van der Waals surface area contributed by atoms with Gasteiger partial charge in [0.2, 0.25) is 0 Å². The molecule has 3 N–H and O–H groups in total. The Labute approximate surface area is 193 Å². The number of nitrogens with one attached hydrogen (secondary N) is 3. The second-order valence-corrected chi connectivity index (χ2v) is 7.90. The van der Waals surface area contributed by atoms with Gasteiger partial charge < -0.3 is 20.9 Å². The third-order valence-electron chi connectivity index (χ3n) is 5.05. The SMILES string of the molecule is CN=C/C(NC(=O)c1ccnc(-c2ccc(C(=O)NC(C)C)nc2)n1)=C(\C)N1CCNCC1. The predicted molar refractivity (Wildman–Crippen MR) is 127 cm³/mol. The predicted octanol–water partition coefficient (Wildman–Crippen LogP) is 1.24. The van der Waals surface area contributed by atoms with Gasteiger partial charge in [0.05, 0.1) is 5.70 Å². The zero-order valence-corrected chi connectivity index (χ0v) is 19.4. The molecule has 33 heavy (non-hydrogen) atoms. The molecule has 2 aromatic heterocycles. The Kier molecular flexibility index (Phi) is 8.20. The van der Waals surface area contributed by atoms with E-state index in [0.717, 1.165) is 31.9 Å². The molecular formula is C23H30N8O2. The third-order valence-corrected chi connectivity index (χ3v) is 5.05. The zero-order valence-electron chi connectivity index (χ0n) is 19.4. The lowest BCUT2D eigenvalue weighted by Crippen LogP contribution is -2.43. The second-order valence-electron chi connectivity index (χ2n) is 7.90. The number of pyridine rings is 1. The Bertz CT molecular complexity index is 1040. The van der Waals surface area contributed by atoms with Gasteiger partial charge in [0, 0.05) is 69.1 Å². The minimum absolute atomic E-state index is 0.0180. The van der Waals surface area contributed by atoms with Gasteiger partial charge in [-0.3, -0.25) is 19.6 Å². The van der Waals surface area contributed by atoms with Crippen LogP contribution >= 0.6 is 0 Å². The molecule has 2 aromatic rings. The summed E-state index contributed by atoms with van der Waals surface area (Å²) in [4.78, 5) is 44.2. The molecule has 1 saturated heterocycles. The topological polar surface area (TPSA) is 124 Å². The molecule has 10 heteroatoms. The smallest absolute Gasteiger partial charge is 0.274 e. The number of aliphatic imine (C=N–C) groups is 1. The number of piperazine rings is 1. The summed E-state index contributed by atoms with van der Waals surface area (Å²) < 4.78 is 0. The van der Waals surface area contributed by atoms with Crippen LogP contribution in [-0.2, 0) is 0 Å². The molecule has 0 aromatic carbocycles. The van der Waals surface area contributed by atoms with Crippen molar-refractivity contribution in [2.45, 2.75) is 26.8 Å². The van der Waals surface area contributed by atoms with Crippen LogP contribution in [0.3, 0.4) is 0 Å². The molecule has 174 valence electrons. The van der Waals surface area contributed by atoms with Crippen LogP contribution in [0, 0.1) is 0 Å². The van der Waals surface area contributed by atoms with Crippen LogP contribution in [0.2, 0.25) is 0 Å². The van der Waals surface area contributed by atoms with Crippen LogP contribution in [0.5, 0.6) is 0 Å². The van der Waals surface area contributed by atoms with E-state index >= 15 is 0 Å². The number of hydrogen-bond donors (Lipinski definition) is 3. The van der Waals surface area contributed by atoms with Crippen molar-refractivity contribution >= 4 is 18.0 Å². The maximum Gasteiger partial charge on any atom is 0.274 e. The fourth-order valence-corrected chi connectivity index (χ4v) is 3.32. The van der Waals surface area contributed by atoms with E-state index in [-0.39, 0.29) is 23.6 Å². The fraction of sp³-hybridized carbons (Fsp3) is 0.391. The third kappa shape index (κ3) is 6.42. The van der Waals surface area contributed by atoms with Crippen molar-refractivity contribution in [2.24, 2.45) is 4.99 Å². The maximum atomic E-state index is 13.0. The average molecular weight is 451 g/mol. The molecule has 2 amide bonds. The lowest BCUT2D eigenvalue weighted by molar-refractivity contribution is 0.0935. The molecule has 0 unspecified atom stereocenters. The molecule has 1 fully saturated rings. The van der Waals surface area contributed by atoms with Crippen molar-refractivity contribution in [2.75, 3.05) is 33.2 Å². The van der Waals surface area contributed by atoms with E-state index < -0.39 is 0 Å². The summed E-state index contributed by atoms with van der Waals surface area (Å²) in [5.74, 6) is -0.259. The number of aromatic nitrogens is 3. The summed E-state index contributed by atoms with van der Waals surface area (Å²) in [6, 6.07) is 4.89. The molecule has 10 nitrogen and oxygen atoms in total. The average Bonchev–Trinajstić information content (AvgIpc) is 2.83. The largest absolute Gasteiger partial charge is 0.371 e. The highest BCUT2D eigenvalue weighted by Crippen LogP contribution is 2.15. The van der Waals surface area contributed by atoms with Gasteiger partial charge in [-0.2, -0.15) is 0 Å². The molecule has 1 aliphatic heterocycles. The zero-order chi connectivity index (χ0) is 23.8. The maximum absolute atomic E-state index is 13.0. The minimum atomic E-state index is -0.357. The van der Waals surface area contributed by atoms with Crippen LogP contribution in [-0.4, -0.2) is 77.1 Å². The second kappa shape index (κ2) is 11.3. The number of rotatable bonds is 7. The van der Waals surface area contributed by atoms with Crippen molar-refractivity contribution < 1.29 is 9.59 Å². The summed E-state index contributed by atoms with van der Waals surface area (Å²) in [5, 5.41) is 9.04. The summed E-state index contributed by atoms with van der Waals surface area (Å²) in [6.07, 6.45) is 4.69. The highest BCUT2D eigenvalue weighted by molar-refractivity contribution is 5.98. The molecule has 0 bridgehead atoms. The Balaban J connectivity index is 1.78. The number of carbonyl (C=O) groups is 2. The quantitative estimate of drug-likeness (QED) is 0.542. The lowest BCUT2D eigenvalue weighted by Gasteiger charge is -2.31. The first-order valence-electron chi connectivity index (χ1n) is 10.9. The lowest BCUT2D eigenvalue weighted by atomic mass is 10.2. The standard InChI is InChI=1S/C23H30N8O2/c1-15(2)28-22(32)18-6-5-17(13-27-18)21-26-8-7-19(29-21)23(33)30-20(14-24-4)16(3)31-11-9-25-10-12-31/h5-8,13-15,25H,9-12H2,1-4H3,(H,28,32)(H,30,33)/b20-16-,24-14?. The van der Waals surface area contributed by atoms with Crippen molar-refractivity contribution in [3.05, 3.63) is 53.4 Å². The number of amides is 2. The van der Waals surface area contributed by atoms with Crippen molar-refractivity contribution in [1.82, 2.24) is 35.8 Å². The number of allylic oxidation sites excluding steroid dienone is 2. The molecule has 0 aliphatic carbocycles. The van der Waals surface area contributed by atoms with E-state index in [1.54, 1.807) is 31.5 Å². The van der Waals surface area contributed by atoms with Gasteiger partial charge in [0.15, 0.2) is 5.82 Å². The molecular weight excluding hydrogens is 420 g/mol. The molecule has 0 spiro atoms. The van der Waals surface area contributed by atoms with Gasteiger partial charge in [-0.05, 0) is 39.0 Å². The van der Waals surface area contributed by atoms with Gasteiger partial charge >= 0.3 is 0 Å². The first kappa shape index (κ1) is 24.0. The number of carbonyl (C=O) groups excluding carboxylic acids is 2. The normalized spacial score (nSPS) is 14.9. The van der Waals surface area contributed by atoms with Gasteiger partial charge in [-0.1, -0.05) is 0 Å². The van der Waals surface area contributed by atoms with E-state index in [0.29, 0.717) is 22.8 Å². The van der Waals surface area contributed by atoms with Crippen molar-refractivity contribution in [3.8, 4) is 11.4 Å². The fourth-order valence-electron chi connectivity index (χ4n) is 3.32. The van der Waals surface area contributed by atoms with E-state index in [2.05, 4.69) is 40.8 Å².